The first-order chi connectivity index (χ1) is 10.4. The van der Waals surface area contributed by atoms with Crippen LogP contribution in [0.1, 0.15) is 40.0 Å². The van der Waals surface area contributed by atoms with Gasteiger partial charge in [-0.15, -0.1) is 0 Å². The van der Waals surface area contributed by atoms with Crippen molar-refractivity contribution < 1.29 is 37.3 Å². The highest BCUT2D eigenvalue weighted by Crippen LogP contribution is 2.13. The Labute approximate surface area is 134 Å². The predicted molar refractivity (Wildman–Crippen MR) is 79.3 cm³/mol. The Morgan fingerprint density at radius 1 is 1.13 bits per heavy atom. The summed E-state index contributed by atoms with van der Waals surface area (Å²) in [4.78, 5) is 45.2. The minimum Gasteiger partial charge on any atom is -0.480 e. The smallest absolute Gasteiger partial charge is 0.325 e. The van der Waals surface area contributed by atoms with Crippen LogP contribution in [0.5, 0.6) is 0 Å². The molecule has 0 aromatic heterocycles. The molecular formula is C13H21NO8S. The van der Waals surface area contributed by atoms with Gasteiger partial charge in [-0.25, -0.2) is 0 Å². The van der Waals surface area contributed by atoms with Gasteiger partial charge in [-0.05, 0) is 20.3 Å². The molecule has 3 atom stereocenters. The van der Waals surface area contributed by atoms with E-state index in [4.69, 9.17) is 9.66 Å². The van der Waals surface area contributed by atoms with Crippen LogP contribution in [-0.2, 0) is 29.3 Å². The van der Waals surface area contributed by atoms with Gasteiger partial charge >= 0.3 is 5.97 Å². The number of carbonyl (C=O) groups is 4. The number of carboxylic acids is 1. The monoisotopic (exact) mass is 351 g/mol. The second-order valence-corrected chi connectivity index (χ2v) is 6.96. The van der Waals surface area contributed by atoms with Crippen LogP contribution in [-0.4, -0.2) is 52.8 Å². The minimum atomic E-state index is -4.58. The van der Waals surface area contributed by atoms with E-state index in [0.29, 0.717) is 0 Å². The number of ketones is 2. The fraction of sp³-hybridized carbons (Fsp3) is 0.692. The predicted octanol–water partition coefficient (Wildman–Crippen LogP) is -0.203. The number of carbonyl (C=O) groups excluding carboxylic acids is 3. The van der Waals surface area contributed by atoms with Gasteiger partial charge < -0.3 is 10.4 Å². The van der Waals surface area contributed by atoms with Crippen LogP contribution in [0, 0.1) is 5.92 Å². The third-order valence-electron chi connectivity index (χ3n) is 3.21. The molecule has 0 saturated carbocycles. The maximum atomic E-state index is 11.7. The maximum absolute atomic E-state index is 11.7. The van der Waals surface area contributed by atoms with E-state index in [9.17, 15) is 27.6 Å². The summed E-state index contributed by atoms with van der Waals surface area (Å²) in [5.41, 5.74) is 0. The van der Waals surface area contributed by atoms with Crippen LogP contribution in [0.15, 0.2) is 0 Å². The molecule has 1 unspecified atom stereocenters. The number of hydrogen-bond acceptors (Lipinski definition) is 6. The fourth-order valence-corrected chi connectivity index (χ4v) is 2.64. The van der Waals surface area contributed by atoms with E-state index in [2.05, 4.69) is 5.32 Å². The number of aliphatic carboxylic acids is 1. The van der Waals surface area contributed by atoms with Crippen LogP contribution in [0.3, 0.4) is 0 Å². The molecule has 0 aliphatic rings. The molecule has 132 valence electrons. The number of carboxylic acid groups (broad SMARTS) is 1. The number of nitrogens with one attached hydrogen (secondary N) is 1. The Kier molecular flexibility index (Phi) is 8.04. The normalized spacial score (nSPS) is 15.3. The standard InChI is InChI=1S/C13H21NO8S/c1-7(12(17)14-8(2)13(18)19)6-10(16)4-5-11(9(3)15)23(20,21)22/h7-8,11H,4-6H2,1-3H3,(H,14,17)(H,18,19)(H,20,21,22)/t7-,8+,11?/m1/s1. The van der Waals surface area contributed by atoms with Gasteiger partial charge in [-0.2, -0.15) is 8.42 Å². The van der Waals surface area contributed by atoms with Gasteiger partial charge in [0.15, 0.2) is 0 Å². The van der Waals surface area contributed by atoms with Crippen LogP contribution in [0.2, 0.25) is 0 Å². The van der Waals surface area contributed by atoms with E-state index in [1.54, 1.807) is 0 Å². The first-order valence-corrected chi connectivity index (χ1v) is 8.38. The highest BCUT2D eigenvalue weighted by molar-refractivity contribution is 7.87. The lowest BCUT2D eigenvalue weighted by molar-refractivity contribution is -0.142. The molecule has 10 heteroatoms. The van der Waals surface area contributed by atoms with Gasteiger partial charge in [0.25, 0.3) is 10.1 Å². The zero-order valence-electron chi connectivity index (χ0n) is 13.1. The molecule has 0 aromatic carbocycles. The van der Waals surface area contributed by atoms with Crippen molar-refractivity contribution in [1.29, 1.82) is 0 Å². The summed E-state index contributed by atoms with van der Waals surface area (Å²) in [7, 11) is -4.58. The summed E-state index contributed by atoms with van der Waals surface area (Å²) in [6.07, 6.45) is -0.892. The van der Waals surface area contributed by atoms with E-state index >= 15 is 0 Å². The molecule has 0 radical (unpaired) electrons. The first kappa shape index (κ1) is 21.2. The Hall–Kier alpha value is -1.81. The molecule has 3 N–H and O–H groups in total. The van der Waals surface area contributed by atoms with Crippen molar-refractivity contribution in [2.24, 2.45) is 5.92 Å². The highest BCUT2D eigenvalue weighted by Gasteiger charge is 2.29. The summed E-state index contributed by atoms with van der Waals surface area (Å²) in [5, 5.41) is 9.22. The van der Waals surface area contributed by atoms with Gasteiger partial charge in [-0.3, -0.25) is 23.7 Å². The largest absolute Gasteiger partial charge is 0.480 e. The van der Waals surface area contributed by atoms with Crippen molar-refractivity contribution in [3.05, 3.63) is 0 Å². The second-order valence-electron chi connectivity index (χ2n) is 5.37. The summed E-state index contributed by atoms with van der Waals surface area (Å²) < 4.78 is 30.9. The lowest BCUT2D eigenvalue weighted by atomic mass is 9.99. The summed E-state index contributed by atoms with van der Waals surface area (Å²) in [5.74, 6) is -3.88. The molecule has 0 aromatic rings. The fourth-order valence-electron chi connectivity index (χ4n) is 1.81. The summed E-state index contributed by atoms with van der Waals surface area (Å²) >= 11 is 0. The van der Waals surface area contributed by atoms with Crippen LogP contribution in [0.4, 0.5) is 0 Å². The van der Waals surface area contributed by atoms with Crippen molar-refractivity contribution in [3.8, 4) is 0 Å². The number of hydrogen-bond donors (Lipinski definition) is 3. The van der Waals surface area contributed by atoms with Gasteiger partial charge in [0.05, 0.1) is 0 Å². The van der Waals surface area contributed by atoms with Crippen LogP contribution >= 0.6 is 0 Å². The number of amides is 1. The average molecular weight is 351 g/mol. The Bertz CT molecular complexity index is 583. The van der Waals surface area contributed by atoms with Crippen LogP contribution < -0.4 is 5.32 Å². The lowest BCUT2D eigenvalue weighted by Gasteiger charge is -2.15. The lowest BCUT2D eigenvalue weighted by Crippen LogP contribution is -2.41. The molecule has 0 bridgehead atoms. The Balaban J connectivity index is 4.52. The Morgan fingerprint density at radius 2 is 1.65 bits per heavy atom. The van der Waals surface area contributed by atoms with Crippen molar-refractivity contribution in [3.63, 3.8) is 0 Å². The van der Waals surface area contributed by atoms with Crippen molar-refractivity contribution in [2.75, 3.05) is 0 Å². The molecule has 0 aliphatic carbocycles. The molecule has 0 spiro atoms. The average Bonchev–Trinajstić information content (AvgIpc) is 2.36. The third-order valence-corrected chi connectivity index (χ3v) is 4.50. The third kappa shape index (κ3) is 7.84. The maximum Gasteiger partial charge on any atom is 0.325 e. The first-order valence-electron chi connectivity index (χ1n) is 6.87. The molecule has 0 fully saturated rings. The molecule has 0 saturated heterocycles. The number of Topliss-reactive ketones (excluding diaryl/α,β-unsaturated/α-hetero) is 2. The summed E-state index contributed by atoms with van der Waals surface area (Å²) in [6.45, 7) is 3.69. The highest BCUT2D eigenvalue weighted by atomic mass is 32.2. The number of rotatable bonds is 10. The topological polar surface area (TPSA) is 155 Å². The van der Waals surface area contributed by atoms with E-state index in [0.717, 1.165) is 6.92 Å². The van der Waals surface area contributed by atoms with Gasteiger partial charge in [0, 0.05) is 18.8 Å². The molecule has 23 heavy (non-hydrogen) atoms. The molecule has 9 nitrogen and oxygen atoms in total. The SMILES string of the molecule is CC(=O)C(CCC(=O)C[C@@H](C)C(=O)N[C@@H](C)C(=O)O)S(=O)(=O)O. The quantitative estimate of drug-likeness (QED) is 0.457. The van der Waals surface area contributed by atoms with Crippen LogP contribution in [0.25, 0.3) is 0 Å². The Morgan fingerprint density at radius 3 is 2.04 bits per heavy atom. The zero-order valence-corrected chi connectivity index (χ0v) is 13.9. The van der Waals surface area contributed by atoms with Gasteiger partial charge in [0.2, 0.25) is 5.91 Å². The molecule has 1 amide bonds. The van der Waals surface area contributed by atoms with E-state index in [-0.39, 0.29) is 19.3 Å². The zero-order chi connectivity index (χ0) is 18.4. The second kappa shape index (κ2) is 8.73. The van der Waals surface area contributed by atoms with Crippen molar-refractivity contribution in [2.45, 2.75) is 51.3 Å². The van der Waals surface area contributed by atoms with E-state index < -0.39 is 50.8 Å². The minimum absolute atomic E-state index is 0.228. The van der Waals surface area contributed by atoms with Crippen molar-refractivity contribution >= 4 is 33.6 Å². The molecule has 0 rings (SSSR count). The van der Waals surface area contributed by atoms with Gasteiger partial charge in [0.1, 0.15) is 22.9 Å². The molecular weight excluding hydrogens is 330 g/mol. The van der Waals surface area contributed by atoms with Crippen molar-refractivity contribution in [1.82, 2.24) is 5.32 Å². The molecule has 0 heterocycles. The molecule has 0 aliphatic heterocycles. The van der Waals surface area contributed by atoms with E-state index in [1.165, 1.54) is 13.8 Å². The van der Waals surface area contributed by atoms with Gasteiger partial charge in [-0.1, -0.05) is 6.92 Å². The summed E-state index contributed by atoms with van der Waals surface area (Å²) in [6, 6.07) is -1.10. The van der Waals surface area contributed by atoms with E-state index in [1.807, 2.05) is 0 Å².